The molecule has 1 aromatic heterocycles. The van der Waals surface area contributed by atoms with Crippen LogP contribution in [0.2, 0.25) is 0 Å². The van der Waals surface area contributed by atoms with Crippen LogP contribution in [0.4, 0.5) is 0 Å². The minimum Gasteiger partial charge on any atom is -0.481 e. The van der Waals surface area contributed by atoms with Gasteiger partial charge < -0.3 is 5.11 Å². The second kappa shape index (κ2) is 4.33. The molecule has 4 heteroatoms. The molecule has 0 amide bonds. The van der Waals surface area contributed by atoms with Crippen molar-refractivity contribution in [3.05, 3.63) is 22.4 Å². The lowest BCUT2D eigenvalue weighted by molar-refractivity contribution is -0.139. The molecule has 1 aliphatic heterocycles. The molecule has 1 aromatic rings. The summed E-state index contributed by atoms with van der Waals surface area (Å²) in [5, 5.41) is 10.7. The van der Waals surface area contributed by atoms with Crippen molar-refractivity contribution < 1.29 is 9.90 Å². The van der Waals surface area contributed by atoms with Gasteiger partial charge in [-0.15, -0.1) is 11.3 Å². The minimum absolute atomic E-state index is 0.313. The van der Waals surface area contributed by atoms with Crippen molar-refractivity contribution in [3.8, 4) is 0 Å². The highest BCUT2D eigenvalue weighted by Crippen LogP contribution is 2.31. The normalized spacial score (nSPS) is 19.8. The first-order chi connectivity index (χ1) is 7.16. The van der Waals surface area contributed by atoms with E-state index in [9.17, 15) is 4.79 Å². The van der Waals surface area contributed by atoms with Gasteiger partial charge in [-0.05, 0) is 24.3 Å². The van der Waals surface area contributed by atoms with E-state index in [0.717, 1.165) is 13.1 Å². The lowest BCUT2D eigenvalue weighted by Crippen LogP contribution is -2.48. The Hall–Kier alpha value is -0.870. The van der Waals surface area contributed by atoms with Gasteiger partial charge in [-0.1, -0.05) is 6.07 Å². The zero-order chi connectivity index (χ0) is 10.8. The van der Waals surface area contributed by atoms with Crippen LogP contribution in [-0.4, -0.2) is 29.1 Å². The van der Waals surface area contributed by atoms with Gasteiger partial charge in [0.25, 0.3) is 0 Å². The number of aliphatic carboxylic acids is 1. The van der Waals surface area contributed by atoms with Gasteiger partial charge in [-0.25, -0.2) is 0 Å². The first-order valence-corrected chi connectivity index (χ1v) is 6.04. The van der Waals surface area contributed by atoms with Crippen molar-refractivity contribution in [2.75, 3.05) is 13.1 Å². The molecule has 0 radical (unpaired) electrons. The number of likely N-dealkylation sites (tertiary alicyclic amines) is 1. The highest BCUT2D eigenvalue weighted by molar-refractivity contribution is 7.10. The van der Waals surface area contributed by atoms with Gasteiger partial charge in [-0.2, -0.15) is 0 Å². The predicted octanol–water partition coefficient (Wildman–Crippen LogP) is 2.22. The molecule has 1 N–H and O–H groups in total. The largest absolute Gasteiger partial charge is 0.481 e. The summed E-state index contributed by atoms with van der Waals surface area (Å²) in [6, 6.07) is 4.64. The first-order valence-electron chi connectivity index (χ1n) is 5.16. The van der Waals surface area contributed by atoms with E-state index in [2.05, 4.69) is 29.3 Å². The summed E-state index contributed by atoms with van der Waals surface area (Å²) in [5.74, 6) is -0.326. The van der Waals surface area contributed by atoms with Crippen molar-refractivity contribution in [3.63, 3.8) is 0 Å². The number of hydrogen-bond donors (Lipinski definition) is 1. The topological polar surface area (TPSA) is 40.5 Å². The van der Waals surface area contributed by atoms with E-state index in [0.29, 0.717) is 18.4 Å². The lowest BCUT2D eigenvalue weighted by atomic mass is 9.94. The molecular weight excluding hydrogens is 210 g/mol. The molecule has 0 aliphatic carbocycles. The van der Waals surface area contributed by atoms with Gasteiger partial charge in [-0.3, -0.25) is 9.69 Å². The van der Waals surface area contributed by atoms with Crippen molar-refractivity contribution in [2.24, 2.45) is 5.92 Å². The van der Waals surface area contributed by atoms with E-state index in [4.69, 9.17) is 5.11 Å². The Morgan fingerprint density at radius 1 is 1.73 bits per heavy atom. The van der Waals surface area contributed by atoms with Crippen LogP contribution in [0.1, 0.15) is 24.3 Å². The van der Waals surface area contributed by atoms with Crippen LogP contribution in [0, 0.1) is 5.92 Å². The SMILES string of the molecule is CC(c1cccs1)N1CC(CC(=O)O)C1. The number of thiophene rings is 1. The summed E-state index contributed by atoms with van der Waals surface area (Å²) >= 11 is 1.77. The van der Waals surface area contributed by atoms with Gasteiger partial charge in [0.05, 0.1) is 6.42 Å². The maximum absolute atomic E-state index is 10.5. The Labute approximate surface area is 93.3 Å². The minimum atomic E-state index is -0.677. The fraction of sp³-hybridized carbons (Fsp3) is 0.545. The van der Waals surface area contributed by atoms with Crippen molar-refractivity contribution in [2.45, 2.75) is 19.4 Å². The highest BCUT2D eigenvalue weighted by atomic mass is 32.1. The zero-order valence-electron chi connectivity index (χ0n) is 8.72. The third kappa shape index (κ3) is 2.38. The predicted molar refractivity (Wildman–Crippen MR) is 60.0 cm³/mol. The molecule has 1 aliphatic rings. The molecule has 82 valence electrons. The average Bonchev–Trinajstić information content (AvgIpc) is 2.61. The molecule has 0 aromatic carbocycles. The molecule has 1 saturated heterocycles. The number of rotatable bonds is 4. The fourth-order valence-corrected chi connectivity index (χ4v) is 2.83. The van der Waals surface area contributed by atoms with Crippen LogP contribution in [0.3, 0.4) is 0 Å². The Bertz CT molecular complexity index is 330. The average molecular weight is 225 g/mol. The van der Waals surface area contributed by atoms with Crippen LogP contribution in [-0.2, 0) is 4.79 Å². The Morgan fingerprint density at radius 3 is 3.00 bits per heavy atom. The van der Waals surface area contributed by atoms with Gasteiger partial charge in [0.2, 0.25) is 0 Å². The standard InChI is InChI=1S/C11H15NO2S/c1-8(10-3-2-4-15-10)12-6-9(7-12)5-11(13)14/h2-4,8-9H,5-7H2,1H3,(H,13,14). The van der Waals surface area contributed by atoms with Crippen LogP contribution < -0.4 is 0 Å². The maximum Gasteiger partial charge on any atom is 0.303 e. The second-order valence-electron chi connectivity index (χ2n) is 4.11. The van der Waals surface area contributed by atoms with Crippen molar-refractivity contribution >= 4 is 17.3 Å². The smallest absolute Gasteiger partial charge is 0.303 e. The molecule has 2 heterocycles. The van der Waals surface area contributed by atoms with E-state index < -0.39 is 5.97 Å². The second-order valence-corrected chi connectivity index (χ2v) is 5.09. The van der Waals surface area contributed by atoms with Gasteiger partial charge >= 0.3 is 5.97 Å². The Kier molecular flexibility index (Phi) is 3.07. The monoisotopic (exact) mass is 225 g/mol. The van der Waals surface area contributed by atoms with E-state index in [1.165, 1.54) is 4.88 Å². The zero-order valence-corrected chi connectivity index (χ0v) is 9.54. The highest BCUT2D eigenvalue weighted by Gasteiger charge is 2.32. The van der Waals surface area contributed by atoms with Crippen LogP contribution in [0.25, 0.3) is 0 Å². The molecule has 1 unspecified atom stereocenters. The number of carbonyl (C=O) groups is 1. The lowest BCUT2D eigenvalue weighted by Gasteiger charge is -2.42. The number of nitrogens with zero attached hydrogens (tertiary/aromatic N) is 1. The fourth-order valence-electron chi connectivity index (χ4n) is 2.01. The molecule has 3 nitrogen and oxygen atoms in total. The summed E-state index contributed by atoms with van der Waals surface area (Å²) in [6.07, 6.45) is 0.313. The Morgan fingerprint density at radius 2 is 2.47 bits per heavy atom. The molecule has 0 bridgehead atoms. The summed E-state index contributed by atoms with van der Waals surface area (Å²) in [7, 11) is 0. The maximum atomic E-state index is 10.5. The third-order valence-electron chi connectivity index (χ3n) is 2.95. The van der Waals surface area contributed by atoms with Gasteiger partial charge in [0.1, 0.15) is 0 Å². The van der Waals surface area contributed by atoms with Gasteiger partial charge in [0, 0.05) is 24.0 Å². The van der Waals surface area contributed by atoms with E-state index >= 15 is 0 Å². The summed E-state index contributed by atoms with van der Waals surface area (Å²) < 4.78 is 0. The van der Waals surface area contributed by atoms with Gasteiger partial charge in [0.15, 0.2) is 0 Å². The Balaban J connectivity index is 1.82. The van der Waals surface area contributed by atoms with E-state index in [1.54, 1.807) is 11.3 Å². The van der Waals surface area contributed by atoms with Crippen molar-refractivity contribution in [1.29, 1.82) is 0 Å². The van der Waals surface area contributed by atoms with E-state index in [-0.39, 0.29) is 0 Å². The molecule has 15 heavy (non-hydrogen) atoms. The van der Waals surface area contributed by atoms with Crippen molar-refractivity contribution in [1.82, 2.24) is 4.90 Å². The molecule has 2 rings (SSSR count). The number of carboxylic acid groups (broad SMARTS) is 1. The summed E-state index contributed by atoms with van der Waals surface area (Å²) in [4.78, 5) is 14.2. The number of hydrogen-bond acceptors (Lipinski definition) is 3. The first kappa shape index (κ1) is 10.6. The van der Waals surface area contributed by atoms with Crippen LogP contribution in [0.15, 0.2) is 17.5 Å². The molecular formula is C11H15NO2S. The van der Waals surface area contributed by atoms with E-state index in [1.807, 2.05) is 0 Å². The quantitative estimate of drug-likeness (QED) is 0.854. The summed E-state index contributed by atoms with van der Waals surface area (Å²) in [6.45, 7) is 4.03. The third-order valence-corrected chi connectivity index (χ3v) is 3.99. The molecule has 0 spiro atoms. The van der Waals surface area contributed by atoms with Crippen LogP contribution >= 0.6 is 11.3 Å². The number of carboxylic acids is 1. The molecule has 0 saturated carbocycles. The molecule has 1 fully saturated rings. The van der Waals surface area contributed by atoms with Crippen LogP contribution in [0.5, 0.6) is 0 Å². The summed E-state index contributed by atoms with van der Waals surface area (Å²) in [5.41, 5.74) is 0. The molecule has 1 atom stereocenters.